The molecule has 0 bridgehead atoms. The number of aromatic hydroxyl groups is 1. The van der Waals surface area contributed by atoms with Crippen LogP contribution >= 0.6 is 0 Å². The van der Waals surface area contributed by atoms with Gasteiger partial charge in [0.15, 0.2) is 0 Å². The average molecular weight is 324 g/mol. The van der Waals surface area contributed by atoms with Gasteiger partial charge in [-0.15, -0.1) is 0 Å². The van der Waals surface area contributed by atoms with Crippen LogP contribution in [0.15, 0.2) is 48.7 Å². The molecule has 1 aromatic heterocycles. The van der Waals surface area contributed by atoms with Crippen LogP contribution in [0.3, 0.4) is 0 Å². The van der Waals surface area contributed by atoms with Crippen molar-refractivity contribution in [1.29, 1.82) is 0 Å². The van der Waals surface area contributed by atoms with Gasteiger partial charge in [-0.2, -0.15) is 0 Å². The predicted molar refractivity (Wildman–Crippen MR) is 93.6 cm³/mol. The average Bonchev–Trinajstić information content (AvgIpc) is 2.90. The van der Waals surface area contributed by atoms with Crippen molar-refractivity contribution in [2.75, 3.05) is 13.7 Å². The first-order valence-electron chi connectivity index (χ1n) is 7.78. The number of phenols is 1. The first kappa shape index (κ1) is 15.9. The lowest BCUT2D eigenvalue weighted by Crippen LogP contribution is -2.26. The summed E-state index contributed by atoms with van der Waals surface area (Å²) in [7, 11) is 3.52. The smallest absolute Gasteiger partial charge is 0.255 e. The van der Waals surface area contributed by atoms with E-state index in [-0.39, 0.29) is 11.7 Å². The molecule has 0 saturated heterocycles. The third-order valence-corrected chi connectivity index (χ3v) is 4.09. The summed E-state index contributed by atoms with van der Waals surface area (Å²) in [5.41, 5.74) is 2.66. The van der Waals surface area contributed by atoms with E-state index in [9.17, 15) is 9.90 Å². The topological polar surface area (TPSA) is 63.5 Å². The number of nitrogens with one attached hydrogen (secondary N) is 1. The van der Waals surface area contributed by atoms with Gasteiger partial charge in [0.25, 0.3) is 5.91 Å². The summed E-state index contributed by atoms with van der Waals surface area (Å²) in [6.45, 7) is 0.506. The summed E-state index contributed by atoms with van der Waals surface area (Å²) < 4.78 is 7.23. The lowest BCUT2D eigenvalue weighted by molar-refractivity contribution is 0.0951. The molecule has 1 amide bonds. The van der Waals surface area contributed by atoms with Crippen molar-refractivity contribution in [1.82, 2.24) is 9.88 Å². The molecule has 0 saturated carbocycles. The highest BCUT2D eigenvalue weighted by atomic mass is 16.5. The van der Waals surface area contributed by atoms with Crippen molar-refractivity contribution < 1.29 is 14.6 Å². The van der Waals surface area contributed by atoms with Crippen LogP contribution in [0.25, 0.3) is 10.9 Å². The number of nitrogens with zero attached hydrogens (tertiary/aromatic N) is 1. The number of hydrogen-bond donors (Lipinski definition) is 2. The number of methoxy groups -OCH3 is 1. The number of benzene rings is 2. The maximum absolute atomic E-state index is 12.3. The second kappa shape index (κ2) is 6.66. The minimum atomic E-state index is -0.157. The number of carbonyl (C=O) groups excluding carboxylic acids is 1. The molecule has 5 heteroatoms. The number of hydrogen-bond acceptors (Lipinski definition) is 3. The summed E-state index contributed by atoms with van der Waals surface area (Å²) in [6.07, 6.45) is 2.71. The van der Waals surface area contributed by atoms with Crippen molar-refractivity contribution in [3.63, 3.8) is 0 Å². The predicted octanol–water partition coefficient (Wildman–Crippen LogP) is 2.87. The first-order chi connectivity index (χ1) is 11.6. The van der Waals surface area contributed by atoms with Crippen LogP contribution in [-0.2, 0) is 13.5 Å². The van der Waals surface area contributed by atoms with Crippen molar-refractivity contribution in [3.05, 3.63) is 59.8 Å². The molecule has 0 radical (unpaired) electrons. The summed E-state index contributed by atoms with van der Waals surface area (Å²) >= 11 is 0. The zero-order valence-electron chi connectivity index (χ0n) is 13.7. The van der Waals surface area contributed by atoms with Gasteiger partial charge in [0.05, 0.1) is 12.7 Å². The molecule has 124 valence electrons. The van der Waals surface area contributed by atoms with Gasteiger partial charge in [0.1, 0.15) is 11.5 Å². The van der Waals surface area contributed by atoms with Crippen molar-refractivity contribution in [2.24, 2.45) is 7.05 Å². The Morgan fingerprint density at radius 2 is 2.04 bits per heavy atom. The van der Waals surface area contributed by atoms with E-state index in [0.717, 1.165) is 16.5 Å². The number of para-hydroxylation sites is 1. The van der Waals surface area contributed by atoms with Gasteiger partial charge in [-0.3, -0.25) is 4.79 Å². The number of aromatic nitrogens is 1. The Labute approximate surface area is 140 Å². The highest BCUT2D eigenvalue weighted by Gasteiger charge is 2.12. The Kier molecular flexibility index (Phi) is 4.42. The maximum Gasteiger partial charge on any atom is 0.255 e. The zero-order chi connectivity index (χ0) is 17.1. The third kappa shape index (κ3) is 3.06. The molecule has 5 nitrogen and oxygen atoms in total. The van der Waals surface area contributed by atoms with E-state index in [4.69, 9.17) is 4.74 Å². The molecule has 0 spiro atoms. The molecule has 24 heavy (non-hydrogen) atoms. The largest absolute Gasteiger partial charge is 0.508 e. The molecule has 0 atom stereocenters. The van der Waals surface area contributed by atoms with Crippen molar-refractivity contribution in [2.45, 2.75) is 6.42 Å². The Morgan fingerprint density at radius 3 is 2.83 bits per heavy atom. The standard InChI is InChI=1S/C19H20N2O3/c1-21-12-13(16-11-14(22)7-8-17(16)21)9-10-20-19(23)15-5-3-4-6-18(15)24-2/h3-8,11-12,22H,9-10H2,1-2H3,(H,20,23). The Morgan fingerprint density at radius 1 is 1.25 bits per heavy atom. The van der Waals surface area contributed by atoms with Crippen LogP contribution in [0, 0.1) is 0 Å². The van der Waals surface area contributed by atoms with E-state index in [1.165, 1.54) is 0 Å². The highest BCUT2D eigenvalue weighted by Crippen LogP contribution is 2.25. The van der Waals surface area contributed by atoms with Crippen LogP contribution < -0.4 is 10.1 Å². The number of rotatable bonds is 5. The molecule has 0 aliphatic carbocycles. The number of amides is 1. The maximum atomic E-state index is 12.3. The first-order valence-corrected chi connectivity index (χ1v) is 7.78. The number of carbonyl (C=O) groups is 1. The molecule has 0 aliphatic rings. The van der Waals surface area contributed by atoms with Gasteiger partial charge < -0.3 is 19.7 Å². The molecular weight excluding hydrogens is 304 g/mol. The van der Waals surface area contributed by atoms with E-state index < -0.39 is 0 Å². The van der Waals surface area contributed by atoms with Crippen LogP contribution in [0.4, 0.5) is 0 Å². The van der Waals surface area contributed by atoms with E-state index >= 15 is 0 Å². The Balaban J connectivity index is 1.71. The zero-order valence-corrected chi connectivity index (χ0v) is 13.7. The van der Waals surface area contributed by atoms with Gasteiger partial charge >= 0.3 is 0 Å². The van der Waals surface area contributed by atoms with Crippen LogP contribution in [0.5, 0.6) is 11.5 Å². The SMILES string of the molecule is COc1ccccc1C(=O)NCCc1cn(C)c2ccc(O)cc12. The summed E-state index contributed by atoms with van der Waals surface area (Å²) in [4.78, 5) is 12.3. The molecule has 1 heterocycles. The molecule has 3 aromatic rings. The molecule has 3 rings (SSSR count). The summed E-state index contributed by atoms with van der Waals surface area (Å²) in [6, 6.07) is 12.5. The number of ether oxygens (including phenoxy) is 1. The van der Waals surface area contributed by atoms with Crippen molar-refractivity contribution in [3.8, 4) is 11.5 Å². The fraction of sp³-hybridized carbons (Fsp3) is 0.211. The number of phenolic OH excluding ortho intramolecular Hbond substituents is 1. The van der Waals surface area contributed by atoms with Crippen LogP contribution in [0.2, 0.25) is 0 Å². The van der Waals surface area contributed by atoms with Crippen molar-refractivity contribution >= 4 is 16.8 Å². The van der Waals surface area contributed by atoms with E-state index in [2.05, 4.69) is 5.32 Å². The minimum absolute atomic E-state index is 0.157. The number of aryl methyl sites for hydroxylation is 1. The minimum Gasteiger partial charge on any atom is -0.508 e. The van der Waals surface area contributed by atoms with E-state index in [1.54, 1.807) is 31.4 Å². The monoisotopic (exact) mass is 324 g/mol. The van der Waals surface area contributed by atoms with Crippen LogP contribution in [-0.4, -0.2) is 29.2 Å². The molecule has 2 N–H and O–H groups in total. The molecular formula is C19H20N2O3. The second-order valence-electron chi connectivity index (χ2n) is 5.67. The Hall–Kier alpha value is -2.95. The lowest BCUT2D eigenvalue weighted by Gasteiger charge is -2.08. The van der Waals surface area contributed by atoms with Gasteiger partial charge in [0.2, 0.25) is 0 Å². The lowest BCUT2D eigenvalue weighted by atomic mass is 10.1. The van der Waals surface area contributed by atoms with Gasteiger partial charge in [-0.1, -0.05) is 12.1 Å². The van der Waals surface area contributed by atoms with Gasteiger partial charge in [-0.25, -0.2) is 0 Å². The van der Waals surface area contributed by atoms with Gasteiger partial charge in [-0.05, 0) is 42.3 Å². The fourth-order valence-electron chi connectivity index (χ4n) is 2.90. The summed E-state index contributed by atoms with van der Waals surface area (Å²) in [5, 5.41) is 13.6. The van der Waals surface area contributed by atoms with Gasteiger partial charge in [0, 0.05) is 30.7 Å². The molecule has 0 aliphatic heterocycles. The quantitative estimate of drug-likeness (QED) is 0.758. The number of fused-ring (bicyclic) bond motifs is 1. The molecule has 2 aromatic carbocycles. The second-order valence-corrected chi connectivity index (χ2v) is 5.67. The normalized spacial score (nSPS) is 10.8. The Bertz CT molecular complexity index is 883. The summed E-state index contributed by atoms with van der Waals surface area (Å²) in [5.74, 6) is 0.647. The molecule has 0 unspecified atom stereocenters. The highest BCUT2D eigenvalue weighted by molar-refractivity contribution is 5.97. The van der Waals surface area contributed by atoms with Crippen LogP contribution in [0.1, 0.15) is 15.9 Å². The molecule has 0 fully saturated rings. The third-order valence-electron chi connectivity index (χ3n) is 4.09. The van der Waals surface area contributed by atoms with E-state index in [0.29, 0.717) is 24.3 Å². The van der Waals surface area contributed by atoms with E-state index in [1.807, 2.05) is 36.0 Å². The fourth-order valence-corrected chi connectivity index (χ4v) is 2.90.